The highest BCUT2D eigenvalue weighted by atomic mass is 35.5. The number of rotatable bonds is 3. The second-order valence-electron chi connectivity index (χ2n) is 4.41. The third-order valence-corrected chi connectivity index (χ3v) is 4.31. The molecule has 110 valence electrons. The topological polar surface area (TPSA) is 95.7 Å². The van der Waals surface area contributed by atoms with Crippen molar-refractivity contribution in [3.63, 3.8) is 0 Å². The molecule has 1 aromatic rings. The first-order valence-corrected chi connectivity index (χ1v) is 7.91. The molecule has 0 radical (unpaired) electrons. The highest BCUT2D eigenvalue weighted by Gasteiger charge is 2.21. The lowest BCUT2D eigenvalue weighted by molar-refractivity contribution is -0.0159. The summed E-state index contributed by atoms with van der Waals surface area (Å²) in [5.74, 6) is -0.599. The molecule has 0 bridgehead atoms. The Balaban J connectivity index is 2.18. The number of benzene rings is 1. The fraction of sp³-hybridized carbons (Fsp3) is 0.417. The lowest BCUT2D eigenvalue weighted by Crippen LogP contribution is -2.26. The van der Waals surface area contributed by atoms with Gasteiger partial charge in [-0.3, -0.25) is 0 Å². The molecule has 2 rings (SSSR count). The van der Waals surface area contributed by atoms with Crippen molar-refractivity contribution < 1.29 is 22.7 Å². The number of carbonyl (C=O) groups excluding carboxylic acids is 1. The van der Waals surface area contributed by atoms with E-state index in [4.69, 9.17) is 26.2 Å². The predicted molar refractivity (Wildman–Crippen MR) is 72.1 cm³/mol. The number of carbonyl (C=O) groups is 1. The lowest BCUT2D eigenvalue weighted by Gasteiger charge is -2.22. The predicted octanol–water partition coefficient (Wildman–Crippen LogP) is 1.32. The summed E-state index contributed by atoms with van der Waals surface area (Å²) in [6.07, 6.45) is 1.04. The van der Waals surface area contributed by atoms with Crippen molar-refractivity contribution >= 4 is 27.6 Å². The molecule has 6 nitrogen and oxygen atoms in total. The SMILES string of the molecule is NS(=O)(=O)c1cc(C(=O)OC2CCOCC2)ccc1Cl. The summed E-state index contributed by atoms with van der Waals surface area (Å²) in [7, 11) is -3.98. The van der Waals surface area contributed by atoms with Gasteiger partial charge in [-0.15, -0.1) is 0 Å². The quantitative estimate of drug-likeness (QED) is 0.848. The third kappa shape index (κ3) is 3.69. The van der Waals surface area contributed by atoms with Gasteiger partial charge in [0.1, 0.15) is 11.0 Å². The van der Waals surface area contributed by atoms with Crippen molar-refractivity contribution in [1.82, 2.24) is 0 Å². The Morgan fingerprint density at radius 1 is 1.35 bits per heavy atom. The number of ether oxygens (including phenoxy) is 2. The van der Waals surface area contributed by atoms with Crippen molar-refractivity contribution in [1.29, 1.82) is 0 Å². The molecule has 0 amide bonds. The van der Waals surface area contributed by atoms with E-state index in [1.54, 1.807) is 0 Å². The molecule has 0 unspecified atom stereocenters. The fourth-order valence-electron chi connectivity index (χ4n) is 1.86. The molecule has 1 aliphatic heterocycles. The summed E-state index contributed by atoms with van der Waals surface area (Å²) in [4.78, 5) is 11.7. The van der Waals surface area contributed by atoms with E-state index in [0.717, 1.165) is 6.07 Å². The first-order chi connectivity index (χ1) is 9.38. The molecule has 0 atom stereocenters. The number of hydrogen-bond acceptors (Lipinski definition) is 5. The van der Waals surface area contributed by atoms with Crippen LogP contribution in [0, 0.1) is 0 Å². The number of sulfonamides is 1. The Hall–Kier alpha value is -1.15. The Morgan fingerprint density at radius 2 is 2.00 bits per heavy atom. The second-order valence-corrected chi connectivity index (χ2v) is 6.34. The van der Waals surface area contributed by atoms with Gasteiger partial charge in [-0.05, 0) is 18.2 Å². The molecule has 0 aromatic heterocycles. The van der Waals surface area contributed by atoms with Crippen LogP contribution >= 0.6 is 11.6 Å². The number of halogens is 1. The average Bonchev–Trinajstić information content (AvgIpc) is 2.39. The zero-order valence-electron chi connectivity index (χ0n) is 10.5. The van der Waals surface area contributed by atoms with Crippen LogP contribution in [-0.2, 0) is 19.5 Å². The van der Waals surface area contributed by atoms with Crippen LogP contribution in [0.3, 0.4) is 0 Å². The first kappa shape index (κ1) is 15.2. The van der Waals surface area contributed by atoms with Gasteiger partial charge in [0.15, 0.2) is 0 Å². The smallest absolute Gasteiger partial charge is 0.338 e. The van der Waals surface area contributed by atoms with E-state index in [-0.39, 0.29) is 21.6 Å². The van der Waals surface area contributed by atoms with E-state index in [2.05, 4.69) is 0 Å². The number of esters is 1. The Labute approximate surface area is 121 Å². The van der Waals surface area contributed by atoms with Crippen LogP contribution in [0.2, 0.25) is 5.02 Å². The van der Waals surface area contributed by atoms with Gasteiger partial charge in [-0.25, -0.2) is 18.4 Å². The van der Waals surface area contributed by atoms with Crippen LogP contribution < -0.4 is 5.14 Å². The Morgan fingerprint density at radius 3 is 2.60 bits per heavy atom. The van der Waals surface area contributed by atoms with Gasteiger partial charge in [-0.2, -0.15) is 0 Å². The van der Waals surface area contributed by atoms with Gasteiger partial charge < -0.3 is 9.47 Å². The van der Waals surface area contributed by atoms with E-state index in [1.165, 1.54) is 12.1 Å². The van der Waals surface area contributed by atoms with Crippen molar-refractivity contribution in [2.45, 2.75) is 23.8 Å². The number of nitrogens with two attached hydrogens (primary N) is 1. The lowest BCUT2D eigenvalue weighted by atomic mass is 10.1. The Kier molecular flexibility index (Phi) is 4.64. The van der Waals surface area contributed by atoms with Gasteiger partial charge in [-0.1, -0.05) is 11.6 Å². The van der Waals surface area contributed by atoms with Crippen LogP contribution in [0.15, 0.2) is 23.1 Å². The molecule has 0 aliphatic carbocycles. The van der Waals surface area contributed by atoms with Gasteiger partial charge in [0, 0.05) is 12.8 Å². The maximum absolute atomic E-state index is 12.0. The molecular weight excluding hydrogens is 306 g/mol. The van der Waals surface area contributed by atoms with Gasteiger partial charge in [0.2, 0.25) is 10.0 Å². The van der Waals surface area contributed by atoms with Crippen molar-refractivity contribution in [3.05, 3.63) is 28.8 Å². The molecule has 0 spiro atoms. The van der Waals surface area contributed by atoms with Gasteiger partial charge >= 0.3 is 5.97 Å². The Bertz CT molecular complexity index is 610. The normalized spacial score (nSPS) is 16.9. The van der Waals surface area contributed by atoms with Crippen LogP contribution in [0.4, 0.5) is 0 Å². The largest absolute Gasteiger partial charge is 0.459 e. The van der Waals surface area contributed by atoms with Crippen LogP contribution in [0.1, 0.15) is 23.2 Å². The standard InChI is InChI=1S/C12H14ClNO5S/c13-10-2-1-8(7-11(10)20(14,16)17)12(15)19-9-3-5-18-6-4-9/h1-2,7,9H,3-6H2,(H2,14,16,17). The van der Waals surface area contributed by atoms with E-state index in [1.807, 2.05) is 0 Å². The number of primary sulfonamides is 1. The van der Waals surface area contributed by atoms with Crippen molar-refractivity contribution in [3.8, 4) is 0 Å². The first-order valence-electron chi connectivity index (χ1n) is 5.99. The molecule has 2 N–H and O–H groups in total. The molecule has 8 heteroatoms. The minimum atomic E-state index is -3.98. The summed E-state index contributed by atoms with van der Waals surface area (Å²) in [5.41, 5.74) is 0.102. The van der Waals surface area contributed by atoms with Gasteiger partial charge in [0.25, 0.3) is 0 Å². The van der Waals surface area contributed by atoms with E-state index >= 15 is 0 Å². The fourth-order valence-corrected chi connectivity index (χ4v) is 2.93. The molecular formula is C12H14ClNO5S. The second kappa shape index (κ2) is 6.09. The molecule has 0 saturated carbocycles. The summed E-state index contributed by atoms with van der Waals surface area (Å²) >= 11 is 5.75. The van der Waals surface area contributed by atoms with E-state index in [9.17, 15) is 13.2 Å². The van der Waals surface area contributed by atoms with Crippen LogP contribution in [0.5, 0.6) is 0 Å². The zero-order chi connectivity index (χ0) is 14.8. The molecule has 1 fully saturated rings. The van der Waals surface area contributed by atoms with Crippen molar-refractivity contribution in [2.24, 2.45) is 5.14 Å². The highest BCUT2D eigenvalue weighted by Crippen LogP contribution is 2.22. The number of hydrogen-bond donors (Lipinski definition) is 1. The maximum atomic E-state index is 12.0. The average molecular weight is 320 g/mol. The summed E-state index contributed by atoms with van der Waals surface area (Å²) in [5, 5.41) is 5.00. The monoisotopic (exact) mass is 319 g/mol. The summed E-state index contributed by atoms with van der Waals surface area (Å²) in [6, 6.07) is 3.83. The zero-order valence-corrected chi connectivity index (χ0v) is 12.1. The molecule has 20 heavy (non-hydrogen) atoms. The van der Waals surface area contributed by atoms with E-state index < -0.39 is 16.0 Å². The minimum Gasteiger partial charge on any atom is -0.459 e. The highest BCUT2D eigenvalue weighted by molar-refractivity contribution is 7.89. The molecule has 1 heterocycles. The van der Waals surface area contributed by atoms with E-state index in [0.29, 0.717) is 26.1 Å². The maximum Gasteiger partial charge on any atom is 0.338 e. The molecule has 1 saturated heterocycles. The van der Waals surface area contributed by atoms with Crippen LogP contribution in [-0.4, -0.2) is 33.7 Å². The molecule has 1 aliphatic rings. The van der Waals surface area contributed by atoms with Gasteiger partial charge in [0.05, 0.1) is 23.8 Å². The van der Waals surface area contributed by atoms with Crippen molar-refractivity contribution in [2.75, 3.05) is 13.2 Å². The summed E-state index contributed by atoms with van der Waals surface area (Å²) in [6.45, 7) is 1.09. The third-order valence-electron chi connectivity index (χ3n) is 2.92. The van der Waals surface area contributed by atoms with Crippen LogP contribution in [0.25, 0.3) is 0 Å². The minimum absolute atomic E-state index is 0.0323. The summed E-state index contributed by atoms with van der Waals surface area (Å²) < 4.78 is 33.1. The molecule has 1 aromatic carbocycles.